The molecule has 6 heteroatoms. The maximum atomic E-state index is 13.4. The molecule has 136 valence electrons. The van der Waals surface area contributed by atoms with Gasteiger partial charge in [0.1, 0.15) is 11.3 Å². The molecule has 1 heterocycles. The van der Waals surface area contributed by atoms with Gasteiger partial charge in [0.2, 0.25) is 0 Å². The lowest BCUT2D eigenvalue weighted by Crippen LogP contribution is -2.42. The number of hydrogen-bond acceptors (Lipinski definition) is 4. The van der Waals surface area contributed by atoms with E-state index >= 15 is 0 Å². The summed E-state index contributed by atoms with van der Waals surface area (Å²) in [6, 6.07) is 11.5. The van der Waals surface area contributed by atoms with Gasteiger partial charge in [-0.3, -0.25) is 4.79 Å². The largest absolute Gasteiger partial charge is 0.508 e. The van der Waals surface area contributed by atoms with Crippen molar-refractivity contribution in [2.45, 2.75) is 31.7 Å². The fourth-order valence-electron chi connectivity index (χ4n) is 4.11. The highest BCUT2D eigenvalue weighted by Crippen LogP contribution is 2.42. The van der Waals surface area contributed by atoms with E-state index in [9.17, 15) is 20.0 Å². The summed E-state index contributed by atoms with van der Waals surface area (Å²) in [5, 5.41) is 18.9. The van der Waals surface area contributed by atoms with E-state index in [4.69, 9.17) is 0 Å². The molecule has 0 radical (unpaired) electrons. The molecule has 1 N–H and O–H groups in total. The van der Waals surface area contributed by atoms with E-state index in [2.05, 4.69) is 6.07 Å². The third-order valence-corrected chi connectivity index (χ3v) is 5.82. The van der Waals surface area contributed by atoms with Gasteiger partial charge in [0.05, 0.1) is 17.3 Å². The molecule has 0 bridgehead atoms. The van der Waals surface area contributed by atoms with Gasteiger partial charge in [-0.15, -0.1) is 0 Å². The molecule has 2 aliphatic rings. The van der Waals surface area contributed by atoms with Crippen LogP contribution in [0.4, 0.5) is 10.5 Å². The zero-order chi connectivity index (χ0) is 19.3. The van der Waals surface area contributed by atoms with Gasteiger partial charge in [-0.05, 0) is 67.1 Å². The molecule has 2 aromatic rings. The number of carbonyl (C=O) groups is 2. The highest BCUT2D eigenvalue weighted by atomic mass is 16.3. The number of imide groups is 1. The van der Waals surface area contributed by atoms with E-state index in [1.54, 1.807) is 38.2 Å². The van der Waals surface area contributed by atoms with Gasteiger partial charge in [-0.25, -0.2) is 9.69 Å². The van der Waals surface area contributed by atoms with Gasteiger partial charge < -0.3 is 10.0 Å². The maximum absolute atomic E-state index is 13.4. The molecule has 0 aromatic heterocycles. The molecule has 4 rings (SSSR count). The number of phenolic OH excluding ortho intramolecular Hbond substituents is 1. The Hall–Kier alpha value is -3.33. The standard InChI is InChI=1S/C21H19N3O3/c1-21(14-7-9-15(25)10-8-14)19(26)24(20(27)23(21)2)18-11-6-13(12-22)16-4-3-5-17(16)18/h6-11,25H,3-5H2,1-2H3. The molecule has 0 saturated carbocycles. The van der Waals surface area contributed by atoms with Gasteiger partial charge in [0.15, 0.2) is 0 Å². The van der Waals surface area contributed by atoms with Crippen LogP contribution in [0.2, 0.25) is 0 Å². The average molecular weight is 361 g/mol. The number of hydrogen-bond donors (Lipinski definition) is 1. The molecule has 1 aliphatic heterocycles. The summed E-state index contributed by atoms with van der Waals surface area (Å²) in [7, 11) is 1.61. The molecule has 3 amide bonds. The van der Waals surface area contributed by atoms with Crippen molar-refractivity contribution in [3.8, 4) is 11.8 Å². The topological polar surface area (TPSA) is 84.6 Å². The van der Waals surface area contributed by atoms with Crippen molar-refractivity contribution in [3.05, 3.63) is 58.7 Å². The van der Waals surface area contributed by atoms with Crippen molar-refractivity contribution in [3.63, 3.8) is 0 Å². The number of aromatic hydroxyl groups is 1. The maximum Gasteiger partial charge on any atom is 0.332 e. The summed E-state index contributed by atoms with van der Waals surface area (Å²) in [4.78, 5) is 29.1. The van der Waals surface area contributed by atoms with E-state index in [1.807, 2.05) is 0 Å². The first kappa shape index (κ1) is 17.1. The van der Waals surface area contributed by atoms with Gasteiger partial charge >= 0.3 is 6.03 Å². The number of phenols is 1. The second kappa shape index (κ2) is 5.85. The molecule has 1 atom stereocenters. The van der Waals surface area contributed by atoms with E-state index in [0.29, 0.717) is 16.8 Å². The molecule has 1 unspecified atom stereocenters. The quantitative estimate of drug-likeness (QED) is 0.833. The molecule has 1 saturated heterocycles. The molecular formula is C21H19N3O3. The summed E-state index contributed by atoms with van der Waals surface area (Å²) in [5.74, 6) is -0.233. The number of nitriles is 1. The lowest BCUT2D eigenvalue weighted by atomic mass is 9.90. The van der Waals surface area contributed by atoms with Crippen LogP contribution in [-0.2, 0) is 23.2 Å². The van der Waals surface area contributed by atoms with Crippen molar-refractivity contribution in [1.29, 1.82) is 5.26 Å². The van der Waals surface area contributed by atoms with Crippen LogP contribution in [0.5, 0.6) is 5.75 Å². The summed E-state index contributed by atoms with van der Waals surface area (Å²) in [6.45, 7) is 1.71. The summed E-state index contributed by atoms with van der Waals surface area (Å²) < 4.78 is 0. The van der Waals surface area contributed by atoms with Gasteiger partial charge in [0, 0.05) is 7.05 Å². The van der Waals surface area contributed by atoms with Gasteiger partial charge in [-0.2, -0.15) is 5.26 Å². The average Bonchev–Trinajstić information content (AvgIpc) is 3.22. The SMILES string of the molecule is CN1C(=O)N(c2ccc(C#N)c3c2CCC3)C(=O)C1(C)c1ccc(O)cc1. The van der Waals surface area contributed by atoms with E-state index < -0.39 is 11.6 Å². The fourth-order valence-corrected chi connectivity index (χ4v) is 4.11. The van der Waals surface area contributed by atoms with Crippen LogP contribution >= 0.6 is 0 Å². The number of benzene rings is 2. The van der Waals surface area contributed by atoms with Crippen LogP contribution in [0.3, 0.4) is 0 Å². The Kier molecular flexibility index (Phi) is 3.70. The van der Waals surface area contributed by atoms with E-state index in [-0.39, 0.29) is 11.7 Å². The van der Waals surface area contributed by atoms with Gasteiger partial charge in [0.25, 0.3) is 5.91 Å². The highest BCUT2D eigenvalue weighted by molar-refractivity contribution is 6.23. The van der Waals surface area contributed by atoms with E-state index in [0.717, 1.165) is 30.4 Å². The molecule has 1 aliphatic carbocycles. The number of carbonyl (C=O) groups excluding carboxylic acids is 2. The minimum absolute atomic E-state index is 0.101. The number of fused-ring (bicyclic) bond motifs is 1. The van der Waals surface area contributed by atoms with Crippen molar-refractivity contribution < 1.29 is 14.7 Å². The Balaban J connectivity index is 1.84. The number of amides is 3. The van der Waals surface area contributed by atoms with Crippen molar-refractivity contribution in [1.82, 2.24) is 4.90 Å². The molecule has 0 spiro atoms. The third-order valence-electron chi connectivity index (χ3n) is 5.82. The monoisotopic (exact) mass is 361 g/mol. The minimum atomic E-state index is -1.16. The highest BCUT2D eigenvalue weighted by Gasteiger charge is 2.54. The first-order valence-corrected chi connectivity index (χ1v) is 8.86. The lowest BCUT2D eigenvalue weighted by molar-refractivity contribution is -0.124. The van der Waals surface area contributed by atoms with Crippen molar-refractivity contribution in [2.75, 3.05) is 11.9 Å². The van der Waals surface area contributed by atoms with Crippen LogP contribution in [0.1, 0.15) is 35.6 Å². The molecule has 1 fully saturated rings. The predicted molar refractivity (Wildman–Crippen MR) is 99.3 cm³/mol. The normalized spacial score (nSPS) is 21.5. The van der Waals surface area contributed by atoms with E-state index in [1.165, 1.54) is 21.9 Å². The van der Waals surface area contributed by atoms with Crippen molar-refractivity contribution >= 4 is 17.6 Å². The zero-order valence-electron chi connectivity index (χ0n) is 15.2. The number of anilines is 1. The summed E-state index contributed by atoms with van der Waals surface area (Å²) in [6.07, 6.45) is 2.44. The van der Waals surface area contributed by atoms with Gasteiger partial charge in [-0.1, -0.05) is 12.1 Å². The Bertz CT molecular complexity index is 1010. The summed E-state index contributed by atoms with van der Waals surface area (Å²) >= 11 is 0. The summed E-state index contributed by atoms with van der Waals surface area (Å²) in [5.41, 5.74) is 2.51. The number of rotatable bonds is 2. The zero-order valence-corrected chi connectivity index (χ0v) is 15.2. The second-order valence-corrected chi connectivity index (χ2v) is 7.16. The Morgan fingerprint density at radius 2 is 1.74 bits per heavy atom. The smallest absolute Gasteiger partial charge is 0.332 e. The van der Waals surface area contributed by atoms with Crippen LogP contribution in [0, 0.1) is 11.3 Å². The Morgan fingerprint density at radius 3 is 2.41 bits per heavy atom. The Morgan fingerprint density at radius 1 is 1.07 bits per heavy atom. The van der Waals surface area contributed by atoms with Crippen LogP contribution < -0.4 is 4.90 Å². The first-order chi connectivity index (χ1) is 12.9. The molecule has 2 aromatic carbocycles. The second-order valence-electron chi connectivity index (χ2n) is 7.16. The number of nitrogens with zero attached hydrogens (tertiary/aromatic N) is 3. The van der Waals surface area contributed by atoms with Crippen LogP contribution in [-0.4, -0.2) is 29.0 Å². The minimum Gasteiger partial charge on any atom is -0.508 e. The van der Waals surface area contributed by atoms with Crippen LogP contribution in [0.15, 0.2) is 36.4 Å². The molecule has 27 heavy (non-hydrogen) atoms. The number of urea groups is 1. The third kappa shape index (κ3) is 2.25. The molecular weight excluding hydrogens is 342 g/mol. The van der Waals surface area contributed by atoms with Crippen LogP contribution in [0.25, 0.3) is 0 Å². The van der Waals surface area contributed by atoms with Crippen molar-refractivity contribution in [2.24, 2.45) is 0 Å². The lowest BCUT2D eigenvalue weighted by Gasteiger charge is -2.28. The molecule has 6 nitrogen and oxygen atoms in total. The fraction of sp³-hybridized carbons (Fsp3) is 0.286. The first-order valence-electron chi connectivity index (χ1n) is 8.86. The number of likely N-dealkylation sites (N-methyl/N-ethyl adjacent to an activating group) is 1. The predicted octanol–water partition coefficient (Wildman–Crippen LogP) is 3.07. The Labute approximate surface area is 157 Å².